The molecule has 2 aromatic rings. The van der Waals surface area contributed by atoms with Crippen LogP contribution in [0, 0.1) is 0 Å². The number of rotatable bonds is 5. The van der Waals surface area contributed by atoms with Gasteiger partial charge in [-0.05, 0) is 29.5 Å². The van der Waals surface area contributed by atoms with E-state index in [-0.39, 0.29) is 5.91 Å². The van der Waals surface area contributed by atoms with Crippen molar-refractivity contribution >= 4 is 28.8 Å². The molecule has 0 unspecified atom stereocenters. The minimum Gasteiger partial charge on any atom is -0.351 e. The predicted octanol–water partition coefficient (Wildman–Crippen LogP) is 3.65. The molecule has 0 atom stereocenters. The Balaban J connectivity index is 1.77. The van der Waals surface area contributed by atoms with Crippen molar-refractivity contribution in [3.8, 4) is 0 Å². The largest absolute Gasteiger partial charge is 0.351 e. The molecule has 0 bridgehead atoms. The molecule has 0 aliphatic heterocycles. The van der Waals surface area contributed by atoms with Crippen molar-refractivity contribution in [2.45, 2.75) is 19.4 Å². The van der Waals surface area contributed by atoms with Crippen molar-refractivity contribution in [3.05, 3.63) is 57.2 Å². The molecule has 1 amide bonds. The number of thiophene rings is 1. The van der Waals surface area contributed by atoms with Gasteiger partial charge in [0.1, 0.15) is 0 Å². The molecule has 0 aliphatic carbocycles. The molecular formula is C14H14ClNOS. The van der Waals surface area contributed by atoms with Crippen LogP contribution in [0.1, 0.15) is 16.9 Å². The van der Waals surface area contributed by atoms with Gasteiger partial charge >= 0.3 is 0 Å². The summed E-state index contributed by atoms with van der Waals surface area (Å²) in [5, 5.41) is 5.63. The monoisotopic (exact) mass is 279 g/mol. The van der Waals surface area contributed by atoms with Crippen LogP contribution >= 0.6 is 22.9 Å². The lowest BCUT2D eigenvalue weighted by Gasteiger charge is -2.05. The Kier molecular flexibility index (Phi) is 4.79. The van der Waals surface area contributed by atoms with Gasteiger partial charge in [0.2, 0.25) is 5.91 Å². The van der Waals surface area contributed by atoms with Gasteiger partial charge in [-0.2, -0.15) is 0 Å². The second-order valence-electron chi connectivity index (χ2n) is 3.95. The molecule has 2 nitrogen and oxygen atoms in total. The van der Waals surface area contributed by atoms with Crippen LogP contribution in [0.5, 0.6) is 0 Å². The normalized spacial score (nSPS) is 10.3. The van der Waals surface area contributed by atoms with Gasteiger partial charge < -0.3 is 5.32 Å². The number of benzene rings is 1. The quantitative estimate of drug-likeness (QED) is 0.889. The summed E-state index contributed by atoms with van der Waals surface area (Å²) >= 11 is 7.68. The zero-order chi connectivity index (χ0) is 12.8. The first kappa shape index (κ1) is 13.1. The first-order valence-corrected chi connectivity index (χ1v) is 7.04. The van der Waals surface area contributed by atoms with Crippen molar-refractivity contribution in [2.75, 3.05) is 0 Å². The van der Waals surface area contributed by atoms with Crippen LogP contribution < -0.4 is 5.32 Å². The highest BCUT2D eigenvalue weighted by Crippen LogP contribution is 2.16. The Morgan fingerprint density at radius 3 is 2.78 bits per heavy atom. The fourth-order valence-electron chi connectivity index (χ4n) is 1.64. The van der Waals surface area contributed by atoms with Crippen molar-refractivity contribution in [1.29, 1.82) is 0 Å². The number of carbonyl (C=O) groups is 1. The van der Waals surface area contributed by atoms with Crippen LogP contribution in [0.25, 0.3) is 0 Å². The lowest BCUT2D eigenvalue weighted by Crippen LogP contribution is -2.22. The second kappa shape index (κ2) is 6.57. The van der Waals surface area contributed by atoms with Gasteiger partial charge in [0.05, 0.1) is 6.54 Å². The summed E-state index contributed by atoms with van der Waals surface area (Å²) in [6, 6.07) is 11.6. The molecule has 1 N–H and O–H groups in total. The van der Waals surface area contributed by atoms with Crippen LogP contribution in [0.15, 0.2) is 41.8 Å². The molecule has 18 heavy (non-hydrogen) atoms. The minimum absolute atomic E-state index is 0.0586. The van der Waals surface area contributed by atoms with Crippen molar-refractivity contribution in [3.63, 3.8) is 0 Å². The number of amides is 1. The van der Waals surface area contributed by atoms with Crippen LogP contribution in [0.2, 0.25) is 5.02 Å². The van der Waals surface area contributed by atoms with Gasteiger partial charge in [-0.3, -0.25) is 4.79 Å². The Hall–Kier alpha value is -1.32. The average molecular weight is 280 g/mol. The Labute approximate surface area is 116 Å². The number of aryl methyl sites for hydroxylation is 1. The summed E-state index contributed by atoms with van der Waals surface area (Å²) in [7, 11) is 0. The molecule has 0 saturated carbocycles. The summed E-state index contributed by atoms with van der Waals surface area (Å²) in [6.45, 7) is 0.610. The topological polar surface area (TPSA) is 29.1 Å². The summed E-state index contributed by atoms with van der Waals surface area (Å²) in [4.78, 5) is 12.8. The van der Waals surface area contributed by atoms with Crippen molar-refractivity contribution in [1.82, 2.24) is 5.32 Å². The maximum atomic E-state index is 11.7. The molecule has 94 valence electrons. The maximum Gasteiger partial charge on any atom is 0.220 e. The molecule has 1 heterocycles. The molecule has 0 fully saturated rings. The molecule has 2 rings (SSSR count). The van der Waals surface area contributed by atoms with Gasteiger partial charge in [0.15, 0.2) is 0 Å². The highest BCUT2D eigenvalue weighted by molar-refractivity contribution is 7.09. The van der Waals surface area contributed by atoms with Gasteiger partial charge in [-0.1, -0.05) is 35.9 Å². The standard InChI is InChI=1S/C14H14ClNOS/c15-13-6-2-1-4-11(13)7-8-14(17)16-10-12-5-3-9-18-12/h1-6,9H,7-8,10H2,(H,16,17). The number of carbonyl (C=O) groups excluding carboxylic acids is 1. The zero-order valence-electron chi connectivity index (χ0n) is 9.86. The number of hydrogen-bond acceptors (Lipinski definition) is 2. The van der Waals surface area contributed by atoms with E-state index in [2.05, 4.69) is 5.32 Å². The van der Waals surface area contributed by atoms with Gasteiger partial charge in [0, 0.05) is 16.3 Å². The number of nitrogens with one attached hydrogen (secondary N) is 1. The molecule has 4 heteroatoms. The minimum atomic E-state index is 0.0586. The predicted molar refractivity (Wildman–Crippen MR) is 75.9 cm³/mol. The van der Waals surface area contributed by atoms with E-state index in [9.17, 15) is 4.79 Å². The van der Waals surface area contributed by atoms with Crippen LogP contribution in [0.3, 0.4) is 0 Å². The third-order valence-electron chi connectivity index (χ3n) is 2.62. The van der Waals surface area contributed by atoms with Gasteiger partial charge in [-0.15, -0.1) is 11.3 Å². The first-order valence-electron chi connectivity index (χ1n) is 5.78. The Morgan fingerprint density at radius 2 is 2.06 bits per heavy atom. The van der Waals surface area contributed by atoms with Crippen LogP contribution in [0.4, 0.5) is 0 Å². The fraction of sp³-hybridized carbons (Fsp3) is 0.214. The average Bonchev–Trinajstić information content (AvgIpc) is 2.88. The van der Waals surface area contributed by atoms with E-state index in [1.807, 2.05) is 41.8 Å². The van der Waals surface area contributed by atoms with E-state index in [1.165, 1.54) is 4.88 Å². The molecular weight excluding hydrogens is 266 g/mol. The fourth-order valence-corrected chi connectivity index (χ4v) is 2.51. The molecule has 0 spiro atoms. The van der Waals surface area contributed by atoms with Crippen molar-refractivity contribution in [2.24, 2.45) is 0 Å². The lowest BCUT2D eigenvalue weighted by molar-refractivity contribution is -0.121. The highest BCUT2D eigenvalue weighted by atomic mass is 35.5. The lowest BCUT2D eigenvalue weighted by atomic mass is 10.1. The van der Waals surface area contributed by atoms with E-state index >= 15 is 0 Å². The third kappa shape index (κ3) is 3.86. The van der Waals surface area contributed by atoms with Gasteiger partial charge in [-0.25, -0.2) is 0 Å². The molecule has 1 aromatic heterocycles. The third-order valence-corrected chi connectivity index (χ3v) is 3.86. The number of halogens is 1. The highest BCUT2D eigenvalue weighted by Gasteiger charge is 2.04. The van der Waals surface area contributed by atoms with Gasteiger partial charge in [0.25, 0.3) is 0 Å². The van der Waals surface area contributed by atoms with Crippen molar-refractivity contribution < 1.29 is 4.79 Å². The van der Waals surface area contributed by atoms with E-state index in [1.54, 1.807) is 11.3 Å². The van der Waals surface area contributed by atoms with E-state index in [0.717, 1.165) is 10.6 Å². The Bertz CT molecular complexity index is 510. The van der Waals surface area contributed by atoms with E-state index in [0.29, 0.717) is 19.4 Å². The molecule has 0 radical (unpaired) electrons. The zero-order valence-corrected chi connectivity index (χ0v) is 11.4. The van der Waals surface area contributed by atoms with E-state index < -0.39 is 0 Å². The number of hydrogen-bond donors (Lipinski definition) is 1. The molecule has 0 saturated heterocycles. The maximum absolute atomic E-state index is 11.7. The smallest absolute Gasteiger partial charge is 0.220 e. The van der Waals surface area contributed by atoms with Crippen LogP contribution in [-0.4, -0.2) is 5.91 Å². The summed E-state index contributed by atoms with van der Waals surface area (Å²) < 4.78 is 0. The summed E-state index contributed by atoms with van der Waals surface area (Å²) in [6.07, 6.45) is 1.14. The SMILES string of the molecule is O=C(CCc1ccccc1Cl)NCc1cccs1. The molecule has 1 aromatic carbocycles. The molecule has 0 aliphatic rings. The first-order chi connectivity index (χ1) is 8.75. The summed E-state index contributed by atoms with van der Waals surface area (Å²) in [5.74, 6) is 0.0586. The summed E-state index contributed by atoms with van der Waals surface area (Å²) in [5.41, 5.74) is 1.02. The van der Waals surface area contributed by atoms with Crippen LogP contribution in [-0.2, 0) is 17.8 Å². The Morgan fingerprint density at radius 1 is 1.22 bits per heavy atom. The van der Waals surface area contributed by atoms with E-state index in [4.69, 9.17) is 11.6 Å². The second-order valence-corrected chi connectivity index (χ2v) is 5.39.